The van der Waals surface area contributed by atoms with Crippen LogP contribution in [0.15, 0.2) is 42.6 Å². The second kappa shape index (κ2) is 8.99. The van der Waals surface area contributed by atoms with E-state index in [-0.39, 0.29) is 12.4 Å². The van der Waals surface area contributed by atoms with E-state index >= 15 is 0 Å². The molecule has 3 aromatic rings. The highest BCUT2D eigenvalue weighted by Crippen LogP contribution is 2.35. The Labute approximate surface area is 158 Å². The van der Waals surface area contributed by atoms with E-state index in [9.17, 15) is 0 Å². The summed E-state index contributed by atoms with van der Waals surface area (Å²) >= 11 is 6.24. The summed E-state index contributed by atoms with van der Waals surface area (Å²) in [7, 11) is 3.20. The van der Waals surface area contributed by atoms with Crippen molar-refractivity contribution >= 4 is 22.5 Å². The Hall–Kier alpha value is -1.88. The van der Waals surface area contributed by atoms with Gasteiger partial charge < -0.3 is 32.2 Å². The summed E-state index contributed by atoms with van der Waals surface area (Å²) in [6, 6.07) is 12.2. The molecule has 1 aromatic heterocycles. The summed E-state index contributed by atoms with van der Waals surface area (Å²) in [4.78, 5) is 3.31. The van der Waals surface area contributed by atoms with E-state index in [0.29, 0.717) is 16.5 Å². The van der Waals surface area contributed by atoms with Gasteiger partial charge in [0, 0.05) is 23.6 Å². The minimum absolute atomic E-state index is 0. The van der Waals surface area contributed by atoms with Crippen LogP contribution in [0, 0.1) is 0 Å². The number of para-hydroxylation sites is 1. The third kappa shape index (κ3) is 4.40. The normalized spacial score (nSPS) is 10.5. The van der Waals surface area contributed by atoms with Crippen molar-refractivity contribution in [3.63, 3.8) is 0 Å². The quantitative estimate of drug-likeness (QED) is 0.605. The van der Waals surface area contributed by atoms with Crippen LogP contribution in [0.25, 0.3) is 10.9 Å². The van der Waals surface area contributed by atoms with E-state index in [2.05, 4.69) is 34.7 Å². The number of H-pyrrole nitrogens is 1. The molecule has 6 heteroatoms. The van der Waals surface area contributed by atoms with Gasteiger partial charge in [-0.15, -0.1) is 0 Å². The molecule has 0 spiro atoms. The number of fused-ring (bicyclic) bond motifs is 1. The van der Waals surface area contributed by atoms with Crippen LogP contribution in [-0.2, 0) is 13.0 Å². The molecule has 0 amide bonds. The second-order valence-electron chi connectivity index (χ2n) is 5.60. The predicted octanol–water partition coefficient (Wildman–Crippen LogP) is 1.17. The first-order valence-electron chi connectivity index (χ1n) is 7.89. The zero-order chi connectivity index (χ0) is 16.9. The Balaban J connectivity index is 0.00000225. The standard InChI is InChI=1S/C19H21ClN2O2.ClH/c1-23-18-10-13(9-16(20)19(18)24-2)11-21-8-7-14-12-22-17-6-4-3-5-15(14)17;/h3-6,9-10,12,21-22H,7-8,11H2,1-2H3;1H/p-1. The zero-order valence-corrected chi connectivity index (χ0v) is 15.7. The average molecular weight is 380 g/mol. The molecular formula is C19H21Cl2N2O2-. The van der Waals surface area contributed by atoms with E-state index in [1.54, 1.807) is 14.2 Å². The van der Waals surface area contributed by atoms with Crippen molar-refractivity contribution in [2.45, 2.75) is 13.0 Å². The molecular weight excluding hydrogens is 359 g/mol. The summed E-state index contributed by atoms with van der Waals surface area (Å²) in [6.45, 7) is 1.61. The van der Waals surface area contributed by atoms with Crippen molar-refractivity contribution in [2.24, 2.45) is 0 Å². The summed E-state index contributed by atoms with van der Waals surface area (Å²) in [6.07, 6.45) is 3.05. The molecule has 0 unspecified atom stereocenters. The lowest BCUT2D eigenvalue weighted by atomic mass is 10.1. The summed E-state index contributed by atoms with van der Waals surface area (Å²) < 4.78 is 10.6. The molecule has 25 heavy (non-hydrogen) atoms. The molecule has 134 valence electrons. The van der Waals surface area contributed by atoms with Gasteiger partial charge in [0.2, 0.25) is 0 Å². The van der Waals surface area contributed by atoms with Gasteiger partial charge in [-0.3, -0.25) is 0 Å². The van der Waals surface area contributed by atoms with Crippen molar-refractivity contribution in [3.05, 3.63) is 58.7 Å². The fourth-order valence-electron chi connectivity index (χ4n) is 2.87. The number of hydrogen-bond donors (Lipinski definition) is 2. The van der Waals surface area contributed by atoms with Crippen molar-refractivity contribution in [3.8, 4) is 11.5 Å². The van der Waals surface area contributed by atoms with Gasteiger partial charge in [-0.2, -0.15) is 0 Å². The number of hydrogen-bond acceptors (Lipinski definition) is 3. The molecule has 1 heterocycles. The van der Waals surface area contributed by atoms with Gasteiger partial charge in [0.15, 0.2) is 11.5 Å². The number of benzene rings is 2. The maximum atomic E-state index is 6.24. The summed E-state index contributed by atoms with van der Waals surface area (Å²) in [5.74, 6) is 1.22. The topological polar surface area (TPSA) is 46.3 Å². The van der Waals surface area contributed by atoms with Gasteiger partial charge in [-0.1, -0.05) is 29.8 Å². The first kappa shape index (κ1) is 19.4. The van der Waals surface area contributed by atoms with Crippen LogP contribution in [-0.4, -0.2) is 25.7 Å². The highest BCUT2D eigenvalue weighted by Gasteiger charge is 2.10. The second-order valence-corrected chi connectivity index (χ2v) is 6.01. The lowest BCUT2D eigenvalue weighted by molar-refractivity contribution is -0.00000533. The average Bonchev–Trinajstić information content (AvgIpc) is 3.01. The Kier molecular flexibility index (Phi) is 7.00. The number of nitrogens with one attached hydrogen (secondary N) is 2. The van der Waals surface area contributed by atoms with Crippen LogP contribution in [0.1, 0.15) is 11.1 Å². The molecule has 0 saturated heterocycles. The highest BCUT2D eigenvalue weighted by atomic mass is 35.5. The van der Waals surface area contributed by atoms with Crippen LogP contribution >= 0.6 is 11.6 Å². The predicted molar refractivity (Wildman–Crippen MR) is 98.3 cm³/mol. The van der Waals surface area contributed by atoms with Crippen molar-refractivity contribution in [1.29, 1.82) is 0 Å². The van der Waals surface area contributed by atoms with Gasteiger partial charge in [0.05, 0.1) is 19.2 Å². The Morgan fingerprint density at radius 2 is 1.92 bits per heavy atom. The third-order valence-corrected chi connectivity index (χ3v) is 4.35. The van der Waals surface area contributed by atoms with Crippen molar-refractivity contribution in [1.82, 2.24) is 10.3 Å². The van der Waals surface area contributed by atoms with Crippen molar-refractivity contribution < 1.29 is 21.9 Å². The maximum Gasteiger partial charge on any atom is 0.179 e. The SMILES string of the molecule is COc1cc(CNCCc2c[nH]c3ccccc23)cc(Cl)c1OC.[Cl-]. The van der Waals surface area contributed by atoms with E-state index in [1.165, 1.54) is 16.5 Å². The number of methoxy groups -OCH3 is 2. The number of aromatic amines is 1. The lowest BCUT2D eigenvalue weighted by Gasteiger charge is -2.12. The Bertz CT molecular complexity index is 833. The van der Waals surface area contributed by atoms with Crippen molar-refractivity contribution in [2.75, 3.05) is 20.8 Å². The Morgan fingerprint density at radius 1 is 1.12 bits per heavy atom. The highest BCUT2D eigenvalue weighted by molar-refractivity contribution is 6.32. The zero-order valence-electron chi connectivity index (χ0n) is 14.2. The van der Waals surface area contributed by atoms with E-state index in [0.717, 1.165) is 25.1 Å². The molecule has 0 bridgehead atoms. The molecule has 0 radical (unpaired) electrons. The molecule has 0 aliphatic rings. The molecule has 2 aromatic carbocycles. The molecule has 0 aliphatic carbocycles. The molecule has 0 fully saturated rings. The van der Waals surface area contributed by atoms with Crippen LogP contribution in [0.2, 0.25) is 5.02 Å². The van der Waals surface area contributed by atoms with Gasteiger partial charge in [0.1, 0.15) is 0 Å². The number of halogens is 2. The number of aromatic nitrogens is 1. The minimum Gasteiger partial charge on any atom is -1.00 e. The lowest BCUT2D eigenvalue weighted by Crippen LogP contribution is -3.00. The first-order chi connectivity index (χ1) is 11.7. The molecule has 0 atom stereocenters. The van der Waals surface area contributed by atoms with E-state index in [4.69, 9.17) is 21.1 Å². The third-order valence-electron chi connectivity index (χ3n) is 4.07. The van der Waals surface area contributed by atoms with Gasteiger partial charge in [0.25, 0.3) is 0 Å². The molecule has 3 rings (SSSR count). The van der Waals surface area contributed by atoms with Crippen LogP contribution in [0.3, 0.4) is 0 Å². The number of rotatable bonds is 7. The fraction of sp³-hybridized carbons (Fsp3) is 0.263. The van der Waals surface area contributed by atoms with Crippen LogP contribution in [0.4, 0.5) is 0 Å². The number of ether oxygens (including phenoxy) is 2. The molecule has 4 nitrogen and oxygen atoms in total. The monoisotopic (exact) mass is 379 g/mol. The Morgan fingerprint density at radius 3 is 2.68 bits per heavy atom. The van der Waals surface area contributed by atoms with Gasteiger partial charge in [-0.05, 0) is 42.3 Å². The van der Waals surface area contributed by atoms with Gasteiger partial charge in [-0.25, -0.2) is 0 Å². The largest absolute Gasteiger partial charge is 1.00 e. The fourth-order valence-corrected chi connectivity index (χ4v) is 3.18. The van der Waals surface area contributed by atoms with E-state index in [1.807, 2.05) is 18.2 Å². The first-order valence-corrected chi connectivity index (χ1v) is 8.27. The minimum atomic E-state index is 0. The van der Waals surface area contributed by atoms with Crippen LogP contribution in [0.5, 0.6) is 11.5 Å². The molecule has 0 aliphatic heterocycles. The maximum absolute atomic E-state index is 6.24. The molecule has 2 N–H and O–H groups in total. The smallest absolute Gasteiger partial charge is 0.179 e. The molecule has 0 saturated carbocycles. The van der Waals surface area contributed by atoms with Crippen LogP contribution < -0.4 is 27.2 Å². The summed E-state index contributed by atoms with van der Waals surface area (Å²) in [5.41, 5.74) is 3.57. The summed E-state index contributed by atoms with van der Waals surface area (Å²) in [5, 5.41) is 5.30. The van der Waals surface area contributed by atoms with Gasteiger partial charge >= 0.3 is 0 Å². The van der Waals surface area contributed by atoms with E-state index < -0.39 is 0 Å².